The molecule has 0 unspecified atom stereocenters. The normalized spacial score (nSPS) is 16.0. The Hall–Kier alpha value is -3.62. The van der Waals surface area contributed by atoms with E-state index in [-0.39, 0.29) is 11.8 Å². The highest BCUT2D eigenvalue weighted by Crippen LogP contribution is 2.34. The topological polar surface area (TPSA) is 113 Å². The van der Waals surface area contributed by atoms with Crippen LogP contribution in [-0.4, -0.2) is 58.6 Å². The van der Waals surface area contributed by atoms with E-state index in [9.17, 15) is 9.59 Å². The summed E-state index contributed by atoms with van der Waals surface area (Å²) in [5.74, 6) is 1.34. The lowest BCUT2D eigenvalue weighted by Crippen LogP contribution is -2.30. The summed E-state index contributed by atoms with van der Waals surface area (Å²) in [5, 5.41) is 0.853. The van der Waals surface area contributed by atoms with E-state index in [0.29, 0.717) is 47.4 Å². The average Bonchev–Trinajstić information content (AvgIpc) is 3.38. The van der Waals surface area contributed by atoms with Crippen LogP contribution in [-0.2, 0) is 7.05 Å². The van der Waals surface area contributed by atoms with Crippen molar-refractivity contribution < 1.29 is 19.1 Å². The number of carbonyl (C=O) groups excluding carboxylic acids is 2. The van der Waals surface area contributed by atoms with Gasteiger partial charge in [-0.3, -0.25) is 9.59 Å². The van der Waals surface area contributed by atoms with Crippen LogP contribution < -0.4 is 15.2 Å². The van der Waals surface area contributed by atoms with E-state index in [1.807, 2.05) is 28.6 Å². The summed E-state index contributed by atoms with van der Waals surface area (Å²) >= 11 is 0. The number of rotatable bonds is 5. The second-order valence-electron chi connectivity index (χ2n) is 7.68. The third-order valence-electron chi connectivity index (χ3n) is 5.88. The van der Waals surface area contributed by atoms with Gasteiger partial charge in [0.15, 0.2) is 0 Å². The number of hydrogen-bond acceptors (Lipinski definition) is 6. The van der Waals surface area contributed by atoms with Crippen molar-refractivity contribution in [2.75, 3.05) is 27.3 Å². The molecule has 0 bridgehead atoms. The molecule has 9 heteroatoms. The van der Waals surface area contributed by atoms with Crippen LogP contribution in [0.15, 0.2) is 24.4 Å². The number of primary amides is 1. The van der Waals surface area contributed by atoms with Crippen LogP contribution >= 0.6 is 0 Å². The predicted octanol–water partition coefficient (Wildman–Crippen LogP) is 2.02. The molecule has 1 saturated heterocycles. The molecule has 2 aromatic heterocycles. The fourth-order valence-electron chi connectivity index (χ4n) is 4.11. The molecule has 1 aliphatic heterocycles. The zero-order chi connectivity index (χ0) is 22.3. The third kappa shape index (κ3) is 3.56. The summed E-state index contributed by atoms with van der Waals surface area (Å²) in [6, 6.07) is 5.54. The van der Waals surface area contributed by atoms with Crippen molar-refractivity contribution in [2.45, 2.75) is 19.3 Å². The predicted molar refractivity (Wildman–Crippen MR) is 115 cm³/mol. The molecule has 9 nitrogen and oxygen atoms in total. The minimum atomic E-state index is -0.546. The fraction of sp³-hybridized carbons (Fsp3) is 0.364. The van der Waals surface area contributed by atoms with Crippen LogP contribution in [0.25, 0.3) is 10.9 Å². The van der Waals surface area contributed by atoms with Crippen molar-refractivity contribution >= 4 is 22.7 Å². The molecule has 4 rings (SSSR count). The second-order valence-corrected chi connectivity index (χ2v) is 7.68. The van der Waals surface area contributed by atoms with Gasteiger partial charge in [0.2, 0.25) is 0 Å². The number of methoxy groups -OCH3 is 2. The van der Waals surface area contributed by atoms with Crippen LogP contribution in [0.5, 0.6) is 11.5 Å². The number of fused-ring (bicyclic) bond motifs is 1. The fourth-order valence-corrected chi connectivity index (χ4v) is 4.11. The van der Waals surface area contributed by atoms with E-state index in [1.165, 1.54) is 6.20 Å². The molecular weight excluding hydrogens is 398 g/mol. The van der Waals surface area contributed by atoms with Crippen molar-refractivity contribution in [1.29, 1.82) is 0 Å². The maximum atomic E-state index is 13.3. The maximum Gasteiger partial charge on any atom is 0.270 e. The Balaban J connectivity index is 1.60. The highest BCUT2D eigenvalue weighted by atomic mass is 16.5. The molecule has 0 aliphatic carbocycles. The molecule has 3 heterocycles. The molecular formula is C22H25N5O4. The Morgan fingerprint density at radius 1 is 1.19 bits per heavy atom. The van der Waals surface area contributed by atoms with Gasteiger partial charge in [0.1, 0.15) is 23.0 Å². The molecule has 2 amide bonds. The number of benzene rings is 1. The van der Waals surface area contributed by atoms with Crippen LogP contribution in [0, 0.1) is 6.92 Å². The van der Waals surface area contributed by atoms with Gasteiger partial charge in [-0.2, -0.15) is 0 Å². The number of nitrogens with zero attached hydrogens (tertiary/aromatic N) is 4. The van der Waals surface area contributed by atoms with E-state index < -0.39 is 5.91 Å². The van der Waals surface area contributed by atoms with Crippen molar-refractivity contribution in [1.82, 2.24) is 19.4 Å². The van der Waals surface area contributed by atoms with Gasteiger partial charge in [-0.25, -0.2) is 9.97 Å². The molecule has 1 aromatic carbocycles. The zero-order valence-corrected chi connectivity index (χ0v) is 18.0. The lowest BCUT2D eigenvalue weighted by Gasteiger charge is -2.17. The third-order valence-corrected chi connectivity index (χ3v) is 5.88. The summed E-state index contributed by atoms with van der Waals surface area (Å²) in [5.41, 5.74) is 7.64. The molecule has 0 spiro atoms. The number of ether oxygens (including phenoxy) is 2. The Morgan fingerprint density at radius 3 is 2.61 bits per heavy atom. The molecule has 0 radical (unpaired) electrons. The Bertz CT molecular complexity index is 1190. The number of aromatic nitrogens is 3. The molecule has 31 heavy (non-hydrogen) atoms. The molecule has 162 valence electrons. The standard InChI is InChI=1S/C22H25N5O4/c1-12-16(20(23)28)10-24-21(25-12)13-5-6-27(11-13)22(29)18-9-15-17(26(18)2)7-14(30-3)8-19(15)31-4/h7-10,13H,5-6,11H2,1-4H3,(H2,23,28)/t13-/m0/s1. The van der Waals surface area contributed by atoms with Crippen molar-refractivity contribution in [3.63, 3.8) is 0 Å². The van der Waals surface area contributed by atoms with Crippen molar-refractivity contribution in [2.24, 2.45) is 12.8 Å². The van der Waals surface area contributed by atoms with Crippen molar-refractivity contribution in [3.05, 3.63) is 47.2 Å². The van der Waals surface area contributed by atoms with E-state index in [2.05, 4.69) is 9.97 Å². The summed E-state index contributed by atoms with van der Waals surface area (Å²) in [6.07, 6.45) is 2.22. The van der Waals surface area contributed by atoms with Gasteiger partial charge in [0, 0.05) is 49.8 Å². The lowest BCUT2D eigenvalue weighted by atomic mass is 10.1. The first kappa shape index (κ1) is 20.6. The van der Waals surface area contributed by atoms with Gasteiger partial charge in [-0.1, -0.05) is 0 Å². The molecule has 3 aromatic rings. The first-order chi connectivity index (χ1) is 14.8. The lowest BCUT2D eigenvalue weighted by molar-refractivity contribution is 0.0781. The maximum absolute atomic E-state index is 13.3. The van der Waals surface area contributed by atoms with Gasteiger partial charge < -0.3 is 24.7 Å². The van der Waals surface area contributed by atoms with E-state index in [4.69, 9.17) is 15.2 Å². The van der Waals surface area contributed by atoms with E-state index in [1.54, 1.807) is 27.2 Å². The monoisotopic (exact) mass is 423 g/mol. The molecule has 1 aliphatic rings. The first-order valence-corrected chi connectivity index (χ1v) is 9.98. The van der Waals surface area contributed by atoms with Gasteiger partial charge in [-0.05, 0) is 19.4 Å². The largest absolute Gasteiger partial charge is 0.497 e. The minimum Gasteiger partial charge on any atom is -0.497 e. The van der Waals surface area contributed by atoms with Crippen LogP contribution in [0.4, 0.5) is 0 Å². The summed E-state index contributed by atoms with van der Waals surface area (Å²) in [6.45, 7) is 2.85. The molecule has 2 N–H and O–H groups in total. The number of nitrogens with two attached hydrogens (primary N) is 1. The number of carbonyl (C=O) groups is 2. The van der Waals surface area contributed by atoms with Gasteiger partial charge >= 0.3 is 0 Å². The minimum absolute atomic E-state index is 0.00823. The van der Waals surface area contributed by atoms with Crippen molar-refractivity contribution in [3.8, 4) is 11.5 Å². The first-order valence-electron chi connectivity index (χ1n) is 9.98. The van der Waals surface area contributed by atoms with Crippen LogP contribution in [0.2, 0.25) is 0 Å². The quantitative estimate of drug-likeness (QED) is 0.672. The van der Waals surface area contributed by atoms with E-state index >= 15 is 0 Å². The summed E-state index contributed by atoms with van der Waals surface area (Å²) in [4.78, 5) is 35.3. The second kappa shape index (κ2) is 7.90. The Morgan fingerprint density at radius 2 is 1.97 bits per heavy atom. The summed E-state index contributed by atoms with van der Waals surface area (Å²) in [7, 11) is 5.05. The smallest absolute Gasteiger partial charge is 0.270 e. The van der Waals surface area contributed by atoms with Crippen LogP contribution in [0.3, 0.4) is 0 Å². The number of likely N-dealkylation sites (tertiary alicyclic amines) is 1. The van der Waals surface area contributed by atoms with E-state index in [0.717, 1.165) is 17.3 Å². The Kier molecular flexibility index (Phi) is 5.26. The van der Waals surface area contributed by atoms with Gasteiger partial charge in [-0.15, -0.1) is 0 Å². The molecule has 0 saturated carbocycles. The van der Waals surface area contributed by atoms with Gasteiger partial charge in [0.05, 0.1) is 31.0 Å². The Labute approximate surface area is 179 Å². The number of amides is 2. The number of aryl methyl sites for hydroxylation is 2. The molecule has 1 fully saturated rings. The SMILES string of the molecule is COc1cc(OC)c2cc(C(=O)N3CC[C@H](c4ncc(C(N)=O)c(C)n4)C3)n(C)c2c1. The highest BCUT2D eigenvalue weighted by Gasteiger charge is 2.31. The summed E-state index contributed by atoms with van der Waals surface area (Å²) < 4.78 is 12.7. The highest BCUT2D eigenvalue weighted by molar-refractivity contribution is 6.01. The molecule has 1 atom stereocenters. The zero-order valence-electron chi connectivity index (χ0n) is 18.0. The average molecular weight is 423 g/mol. The number of hydrogen-bond donors (Lipinski definition) is 1. The van der Waals surface area contributed by atoms with Gasteiger partial charge in [0.25, 0.3) is 11.8 Å². The van der Waals surface area contributed by atoms with Crippen LogP contribution in [0.1, 0.15) is 44.7 Å².